The summed E-state index contributed by atoms with van der Waals surface area (Å²) in [6, 6.07) is 17.3. The molecular formula is C24H27N3O2. The maximum Gasteiger partial charge on any atom is 0.227 e. The molecule has 1 aliphatic rings. The lowest BCUT2D eigenvalue weighted by Gasteiger charge is -2.34. The fraction of sp³-hybridized carbons (Fsp3) is 0.333. The van der Waals surface area contributed by atoms with Gasteiger partial charge in [-0.25, -0.2) is 0 Å². The van der Waals surface area contributed by atoms with E-state index < -0.39 is 0 Å². The van der Waals surface area contributed by atoms with Gasteiger partial charge < -0.3 is 10.3 Å². The maximum absolute atomic E-state index is 13.3. The van der Waals surface area contributed by atoms with Crippen molar-refractivity contribution in [2.24, 2.45) is 5.92 Å². The van der Waals surface area contributed by atoms with E-state index in [4.69, 9.17) is 0 Å². The molecule has 2 heterocycles. The number of carbonyl (C=O) groups is 2. The van der Waals surface area contributed by atoms with Gasteiger partial charge in [0.1, 0.15) is 0 Å². The number of benzene rings is 2. The summed E-state index contributed by atoms with van der Waals surface area (Å²) in [5, 5.41) is 3.99. The number of ketones is 1. The number of para-hydroxylation sites is 2. The number of likely N-dealkylation sites (tertiary alicyclic amines) is 1. The number of carbonyl (C=O) groups excluding carboxylic acids is 2. The van der Waals surface area contributed by atoms with Crippen molar-refractivity contribution in [3.05, 3.63) is 65.9 Å². The van der Waals surface area contributed by atoms with Gasteiger partial charge in [-0.15, -0.1) is 0 Å². The van der Waals surface area contributed by atoms with Gasteiger partial charge in [0.15, 0.2) is 5.78 Å². The van der Waals surface area contributed by atoms with Crippen LogP contribution in [0.25, 0.3) is 10.9 Å². The van der Waals surface area contributed by atoms with E-state index in [9.17, 15) is 9.59 Å². The molecule has 0 spiro atoms. The summed E-state index contributed by atoms with van der Waals surface area (Å²) in [5.74, 6) is 0.207. The van der Waals surface area contributed by atoms with E-state index in [1.54, 1.807) is 0 Å². The van der Waals surface area contributed by atoms with E-state index in [2.05, 4.69) is 15.2 Å². The summed E-state index contributed by atoms with van der Waals surface area (Å²) in [6.07, 6.45) is 1.53. The first-order valence-corrected chi connectivity index (χ1v) is 10.3. The van der Waals surface area contributed by atoms with Crippen molar-refractivity contribution in [3.63, 3.8) is 0 Å². The zero-order valence-electron chi connectivity index (χ0n) is 16.9. The summed E-state index contributed by atoms with van der Waals surface area (Å²) >= 11 is 0. The molecule has 150 valence electrons. The average Bonchev–Trinajstić information content (AvgIpc) is 3.09. The summed E-state index contributed by atoms with van der Waals surface area (Å²) in [4.78, 5) is 31.3. The summed E-state index contributed by atoms with van der Waals surface area (Å²) in [6.45, 7) is 5.44. The summed E-state index contributed by atoms with van der Waals surface area (Å²) < 4.78 is 0. The predicted octanol–water partition coefficient (Wildman–Crippen LogP) is 4.40. The third kappa shape index (κ3) is 3.96. The number of aromatic nitrogens is 1. The van der Waals surface area contributed by atoms with E-state index in [-0.39, 0.29) is 23.7 Å². The van der Waals surface area contributed by atoms with Gasteiger partial charge in [-0.1, -0.05) is 36.4 Å². The highest BCUT2D eigenvalue weighted by atomic mass is 16.2. The Balaban J connectivity index is 1.39. The number of amides is 1. The number of nitrogens with zero attached hydrogens (tertiary/aromatic N) is 1. The second-order valence-electron chi connectivity index (χ2n) is 7.88. The molecule has 1 fully saturated rings. The highest BCUT2D eigenvalue weighted by Crippen LogP contribution is 2.26. The number of hydrogen-bond donors (Lipinski definition) is 2. The Kier molecular flexibility index (Phi) is 5.49. The van der Waals surface area contributed by atoms with Crippen molar-refractivity contribution in [2.75, 3.05) is 18.4 Å². The van der Waals surface area contributed by atoms with Crippen LogP contribution in [0, 0.1) is 12.8 Å². The van der Waals surface area contributed by atoms with E-state index in [1.165, 1.54) is 0 Å². The van der Waals surface area contributed by atoms with Crippen molar-refractivity contribution < 1.29 is 9.59 Å². The standard InChI is InChI=1S/C24H27N3O2/c1-16-22(20-10-6-7-11-21(20)25-16)23(28)17(2)27-14-12-18(13-15-27)24(29)26-19-8-4-3-5-9-19/h3-11,17-18,25H,12-15H2,1-2H3,(H,26,29). The smallest absolute Gasteiger partial charge is 0.227 e. The zero-order chi connectivity index (χ0) is 20.4. The van der Waals surface area contributed by atoms with Gasteiger partial charge in [-0.05, 0) is 58.0 Å². The number of Topliss-reactive ketones (excluding diaryl/α,β-unsaturated/α-hetero) is 1. The number of hydrogen-bond acceptors (Lipinski definition) is 3. The van der Waals surface area contributed by atoms with Crippen molar-refractivity contribution in [3.8, 4) is 0 Å². The van der Waals surface area contributed by atoms with Crippen LogP contribution in [0.2, 0.25) is 0 Å². The first-order valence-electron chi connectivity index (χ1n) is 10.3. The third-order valence-electron chi connectivity index (χ3n) is 6.01. The molecule has 3 aromatic rings. The molecule has 0 bridgehead atoms. The van der Waals surface area contributed by atoms with Gasteiger partial charge in [0.25, 0.3) is 0 Å². The second-order valence-corrected chi connectivity index (χ2v) is 7.88. The van der Waals surface area contributed by atoms with Crippen LogP contribution in [0.5, 0.6) is 0 Å². The lowest BCUT2D eigenvalue weighted by molar-refractivity contribution is -0.121. The molecule has 2 N–H and O–H groups in total. The fourth-order valence-electron chi connectivity index (χ4n) is 4.28. The minimum Gasteiger partial charge on any atom is -0.358 e. The molecule has 0 aliphatic carbocycles. The number of anilines is 1. The Morgan fingerprint density at radius 1 is 1.03 bits per heavy atom. The minimum atomic E-state index is -0.203. The molecule has 1 atom stereocenters. The quantitative estimate of drug-likeness (QED) is 0.636. The fourth-order valence-corrected chi connectivity index (χ4v) is 4.28. The molecule has 0 radical (unpaired) electrons. The lowest BCUT2D eigenvalue weighted by Crippen LogP contribution is -2.45. The van der Waals surface area contributed by atoms with Crippen molar-refractivity contribution in [1.82, 2.24) is 9.88 Å². The van der Waals surface area contributed by atoms with E-state index >= 15 is 0 Å². The first-order chi connectivity index (χ1) is 14.0. The van der Waals surface area contributed by atoms with Crippen LogP contribution in [-0.2, 0) is 4.79 Å². The van der Waals surface area contributed by atoms with E-state index in [1.807, 2.05) is 68.4 Å². The summed E-state index contributed by atoms with van der Waals surface area (Å²) in [5.41, 5.74) is 3.53. The number of fused-ring (bicyclic) bond motifs is 1. The Labute approximate surface area is 171 Å². The number of piperidine rings is 1. The molecule has 1 aliphatic heterocycles. The monoisotopic (exact) mass is 389 g/mol. The normalized spacial score (nSPS) is 16.6. The molecule has 5 nitrogen and oxygen atoms in total. The highest BCUT2D eigenvalue weighted by Gasteiger charge is 2.31. The number of H-pyrrole nitrogens is 1. The van der Waals surface area contributed by atoms with Crippen LogP contribution >= 0.6 is 0 Å². The molecule has 2 aromatic carbocycles. The topological polar surface area (TPSA) is 65.2 Å². The molecule has 1 aromatic heterocycles. The van der Waals surface area contributed by atoms with Gasteiger partial charge in [0, 0.05) is 33.8 Å². The molecule has 1 saturated heterocycles. The van der Waals surface area contributed by atoms with E-state index in [0.717, 1.165) is 53.8 Å². The Morgan fingerprint density at radius 2 is 1.69 bits per heavy atom. The zero-order valence-corrected chi connectivity index (χ0v) is 16.9. The van der Waals surface area contributed by atoms with Crippen molar-refractivity contribution >= 4 is 28.3 Å². The molecule has 1 unspecified atom stereocenters. The number of aromatic amines is 1. The van der Waals surface area contributed by atoms with Gasteiger partial charge in [0.2, 0.25) is 5.91 Å². The highest BCUT2D eigenvalue weighted by molar-refractivity contribution is 6.11. The molecule has 0 saturated carbocycles. The van der Waals surface area contributed by atoms with Gasteiger partial charge in [0.05, 0.1) is 6.04 Å². The number of rotatable bonds is 5. The van der Waals surface area contributed by atoms with Crippen molar-refractivity contribution in [1.29, 1.82) is 0 Å². The minimum absolute atomic E-state index is 0.0106. The van der Waals surface area contributed by atoms with Crippen LogP contribution in [0.3, 0.4) is 0 Å². The Hall–Kier alpha value is -2.92. The van der Waals surface area contributed by atoms with Crippen LogP contribution < -0.4 is 5.32 Å². The molecule has 5 heteroatoms. The average molecular weight is 389 g/mol. The number of aryl methyl sites for hydroxylation is 1. The predicted molar refractivity (Wildman–Crippen MR) is 116 cm³/mol. The largest absolute Gasteiger partial charge is 0.358 e. The van der Waals surface area contributed by atoms with Crippen LogP contribution in [0.15, 0.2) is 54.6 Å². The van der Waals surface area contributed by atoms with Crippen LogP contribution in [0.1, 0.15) is 35.8 Å². The second kappa shape index (κ2) is 8.21. The van der Waals surface area contributed by atoms with E-state index in [0.29, 0.717) is 0 Å². The molecule has 4 rings (SSSR count). The van der Waals surface area contributed by atoms with Crippen LogP contribution in [-0.4, -0.2) is 40.7 Å². The van der Waals surface area contributed by atoms with Crippen molar-refractivity contribution in [2.45, 2.75) is 32.7 Å². The maximum atomic E-state index is 13.3. The third-order valence-corrected chi connectivity index (χ3v) is 6.01. The number of nitrogens with one attached hydrogen (secondary N) is 2. The summed E-state index contributed by atoms with van der Waals surface area (Å²) in [7, 11) is 0. The molecule has 29 heavy (non-hydrogen) atoms. The SMILES string of the molecule is Cc1[nH]c2ccccc2c1C(=O)C(C)N1CCC(C(=O)Nc2ccccc2)CC1. The first kappa shape index (κ1) is 19.4. The van der Waals surface area contributed by atoms with Crippen LogP contribution in [0.4, 0.5) is 5.69 Å². The van der Waals surface area contributed by atoms with Gasteiger partial charge in [-0.3, -0.25) is 14.5 Å². The Bertz CT molecular complexity index is 1020. The van der Waals surface area contributed by atoms with Gasteiger partial charge in [-0.2, -0.15) is 0 Å². The lowest BCUT2D eigenvalue weighted by atomic mass is 9.93. The molecular weight excluding hydrogens is 362 g/mol. The van der Waals surface area contributed by atoms with Gasteiger partial charge >= 0.3 is 0 Å². The Morgan fingerprint density at radius 3 is 2.41 bits per heavy atom. The molecule has 1 amide bonds.